The summed E-state index contributed by atoms with van der Waals surface area (Å²) in [7, 11) is 1.60. The average Bonchev–Trinajstić information content (AvgIpc) is 2.41. The van der Waals surface area contributed by atoms with Crippen LogP contribution in [0.25, 0.3) is 0 Å². The largest absolute Gasteiger partial charge is 0.481 e. The highest BCUT2D eigenvalue weighted by Gasteiger charge is 2.01. The first-order chi connectivity index (χ1) is 9.19. The van der Waals surface area contributed by atoms with Gasteiger partial charge in [0.1, 0.15) is 5.82 Å². The van der Waals surface area contributed by atoms with E-state index in [0.717, 1.165) is 23.2 Å². The number of hydrogen-bond acceptors (Lipinski definition) is 3. The first-order valence-corrected chi connectivity index (χ1v) is 6.13. The van der Waals surface area contributed by atoms with E-state index >= 15 is 0 Å². The van der Waals surface area contributed by atoms with Crippen molar-refractivity contribution in [2.45, 2.75) is 20.0 Å². The smallest absolute Gasteiger partial charge is 0.213 e. The highest BCUT2D eigenvalue weighted by Crippen LogP contribution is 2.11. The lowest BCUT2D eigenvalue weighted by Crippen LogP contribution is -2.13. The molecule has 0 fully saturated rings. The Balaban J connectivity index is 1.92. The van der Waals surface area contributed by atoms with Gasteiger partial charge in [0.2, 0.25) is 5.88 Å². The number of pyridine rings is 1. The van der Waals surface area contributed by atoms with E-state index in [4.69, 9.17) is 4.74 Å². The predicted octanol–water partition coefficient (Wildman–Crippen LogP) is 2.83. The number of methoxy groups -OCH3 is 1. The monoisotopic (exact) mass is 260 g/mol. The molecule has 0 aliphatic rings. The third-order valence-corrected chi connectivity index (χ3v) is 2.96. The van der Waals surface area contributed by atoms with Crippen molar-refractivity contribution >= 4 is 0 Å². The van der Waals surface area contributed by atoms with Gasteiger partial charge in [0.05, 0.1) is 7.11 Å². The zero-order valence-corrected chi connectivity index (χ0v) is 11.1. The predicted molar refractivity (Wildman–Crippen MR) is 72.5 cm³/mol. The van der Waals surface area contributed by atoms with Crippen molar-refractivity contribution in [3.63, 3.8) is 0 Å². The van der Waals surface area contributed by atoms with Gasteiger partial charge in [-0.3, -0.25) is 0 Å². The summed E-state index contributed by atoms with van der Waals surface area (Å²) in [6, 6.07) is 8.67. The van der Waals surface area contributed by atoms with Crippen molar-refractivity contribution in [1.29, 1.82) is 0 Å². The van der Waals surface area contributed by atoms with Crippen LogP contribution in [0.2, 0.25) is 0 Å². The molecule has 0 amide bonds. The van der Waals surface area contributed by atoms with Gasteiger partial charge < -0.3 is 10.1 Å². The maximum Gasteiger partial charge on any atom is 0.213 e. The molecule has 1 aromatic carbocycles. The molecule has 19 heavy (non-hydrogen) atoms. The van der Waals surface area contributed by atoms with Crippen LogP contribution in [0.5, 0.6) is 5.88 Å². The van der Waals surface area contributed by atoms with Gasteiger partial charge in [-0.25, -0.2) is 9.37 Å². The van der Waals surface area contributed by atoms with Crippen molar-refractivity contribution < 1.29 is 9.13 Å². The van der Waals surface area contributed by atoms with E-state index in [-0.39, 0.29) is 5.82 Å². The molecule has 0 saturated heterocycles. The molecular formula is C15H17FN2O. The molecule has 4 heteroatoms. The van der Waals surface area contributed by atoms with E-state index in [1.807, 2.05) is 25.1 Å². The molecule has 1 heterocycles. The van der Waals surface area contributed by atoms with Gasteiger partial charge >= 0.3 is 0 Å². The lowest BCUT2D eigenvalue weighted by molar-refractivity contribution is 0.397. The van der Waals surface area contributed by atoms with E-state index in [9.17, 15) is 4.39 Å². The summed E-state index contributed by atoms with van der Waals surface area (Å²) >= 11 is 0. The molecule has 0 atom stereocenters. The minimum atomic E-state index is -0.194. The maximum absolute atomic E-state index is 13.0. The Morgan fingerprint density at radius 1 is 1.21 bits per heavy atom. The topological polar surface area (TPSA) is 34.1 Å². The first-order valence-electron chi connectivity index (χ1n) is 6.13. The van der Waals surface area contributed by atoms with Gasteiger partial charge in [-0.2, -0.15) is 0 Å². The molecule has 2 rings (SSSR count). The van der Waals surface area contributed by atoms with Crippen LogP contribution < -0.4 is 10.1 Å². The highest BCUT2D eigenvalue weighted by atomic mass is 19.1. The number of aryl methyl sites for hydroxylation is 1. The molecule has 0 aliphatic carbocycles. The summed E-state index contributed by atoms with van der Waals surface area (Å²) in [4.78, 5) is 4.06. The van der Waals surface area contributed by atoms with Crippen LogP contribution in [0.3, 0.4) is 0 Å². The Hall–Kier alpha value is -1.94. The third-order valence-electron chi connectivity index (χ3n) is 2.96. The molecule has 1 aromatic heterocycles. The number of rotatable bonds is 5. The van der Waals surface area contributed by atoms with Crippen molar-refractivity contribution in [3.05, 3.63) is 59.0 Å². The van der Waals surface area contributed by atoms with Gasteiger partial charge in [-0.15, -0.1) is 0 Å². The normalized spacial score (nSPS) is 10.5. The molecule has 0 aliphatic heterocycles. The van der Waals surface area contributed by atoms with Crippen molar-refractivity contribution in [3.8, 4) is 5.88 Å². The molecule has 3 nitrogen and oxygen atoms in total. The van der Waals surface area contributed by atoms with Crippen molar-refractivity contribution in [2.75, 3.05) is 7.11 Å². The molecule has 1 N–H and O–H groups in total. The fraction of sp³-hybridized carbons (Fsp3) is 0.267. The van der Waals surface area contributed by atoms with E-state index in [0.29, 0.717) is 12.4 Å². The number of ether oxygens (including phenoxy) is 1. The van der Waals surface area contributed by atoms with Crippen LogP contribution in [0.4, 0.5) is 4.39 Å². The fourth-order valence-electron chi connectivity index (χ4n) is 1.87. The zero-order valence-electron chi connectivity index (χ0n) is 11.1. The summed E-state index contributed by atoms with van der Waals surface area (Å²) < 4.78 is 18.0. The zero-order chi connectivity index (χ0) is 13.7. The molecule has 100 valence electrons. The number of hydrogen-bond donors (Lipinski definition) is 1. The maximum atomic E-state index is 13.0. The SMILES string of the molecule is COc1cc(CNCc2ccc(F)cc2C)ccn1. The summed E-state index contributed by atoms with van der Waals surface area (Å²) in [6.07, 6.45) is 1.72. The number of halogens is 1. The van der Waals surface area contributed by atoms with E-state index in [1.54, 1.807) is 19.4 Å². The van der Waals surface area contributed by atoms with Crippen molar-refractivity contribution in [2.24, 2.45) is 0 Å². The van der Waals surface area contributed by atoms with Crippen LogP contribution in [0, 0.1) is 12.7 Å². The van der Waals surface area contributed by atoms with Crippen LogP contribution in [-0.4, -0.2) is 12.1 Å². The number of aromatic nitrogens is 1. The fourth-order valence-corrected chi connectivity index (χ4v) is 1.87. The molecule has 0 unspecified atom stereocenters. The summed E-state index contributed by atoms with van der Waals surface area (Å²) in [5, 5.41) is 3.32. The Bertz CT molecular complexity index is 558. The Morgan fingerprint density at radius 3 is 2.79 bits per heavy atom. The summed E-state index contributed by atoms with van der Waals surface area (Å²) in [6.45, 7) is 3.34. The van der Waals surface area contributed by atoms with Crippen LogP contribution >= 0.6 is 0 Å². The van der Waals surface area contributed by atoms with E-state index in [1.165, 1.54) is 6.07 Å². The highest BCUT2D eigenvalue weighted by molar-refractivity contribution is 5.26. The van der Waals surface area contributed by atoms with E-state index in [2.05, 4.69) is 10.3 Å². The molecule has 0 spiro atoms. The van der Waals surface area contributed by atoms with Crippen LogP contribution in [0.1, 0.15) is 16.7 Å². The van der Waals surface area contributed by atoms with Gasteiger partial charge in [0.25, 0.3) is 0 Å². The number of nitrogens with one attached hydrogen (secondary N) is 1. The second kappa shape index (κ2) is 6.29. The summed E-state index contributed by atoms with van der Waals surface area (Å²) in [5.74, 6) is 0.414. The van der Waals surface area contributed by atoms with Crippen LogP contribution in [-0.2, 0) is 13.1 Å². The molecular weight excluding hydrogens is 243 g/mol. The minimum Gasteiger partial charge on any atom is -0.481 e. The Morgan fingerprint density at radius 2 is 2.05 bits per heavy atom. The quantitative estimate of drug-likeness (QED) is 0.897. The average molecular weight is 260 g/mol. The van der Waals surface area contributed by atoms with Crippen LogP contribution in [0.15, 0.2) is 36.5 Å². The molecule has 0 saturated carbocycles. The Labute approximate surface area is 112 Å². The minimum absolute atomic E-state index is 0.194. The number of benzene rings is 1. The second-order valence-corrected chi connectivity index (χ2v) is 4.38. The van der Waals surface area contributed by atoms with E-state index < -0.39 is 0 Å². The lowest BCUT2D eigenvalue weighted by atomic mass is 10.1. The Kier molecular flexibility index (Phi) is 4.47. The summed E-state index contributed by atoms with van der Waals surface area (Å²) in [5.41, 5.74) is 3.16. The number of nitrogens with zero attached hydrogens (tertiary/aromatic N) is 1. The van der Waals surface area contributed by atoms with Gasteiger partial charge in [0.15, 0.2) is 0 Å². The van der Waals surface area contributed by atoms with Crippen molar-refractivity contribution in [1.82, 2.24) is 10.3 Å². The standard InChI is InChI=1S/C15H17FN2O/c1-11-7-14(16)4-3-13(11)10-17-9-12-5-6-18-15(8-12)19-2/h3-8,17H,9-10H2,1-2H3. The van der Waals surface area contributed by atoms with Gasteiger partial charge in [0, 0.05) is 25.4 Å². The first kappa shape index (κ1) is 13.5. The molecule has 0 radical (unpaired) electrons. The molecule has 2 aromatic rings. The lowest BCUT2D eigenvalue weighted by Gasteiger charge is -2.08. The second-order valence-electron chi connectivity index (χ2n) is 4.38. The van der Waals surface area contributed by atoms with Gasteiger partial charge in [-0.1, -0.05) is 6.07 Å². The molecule has 0 bridgehead atoms. The van der Waals surface area contributed by atoms with Gasteiger partial charge in [-0.05, 0) is 41.8 Å². The third kappa shape index (κ3) is 3.76.